The third-order valence-electron chi connectivity index (χ3n) is 2.74. The number of nitrogens with zero attached hydrogens (tertiary/aromatic N) is 4. The Balaban J connectivity index is 0.000000147. The van der Waals surface area contributed by atoms with Crippen molar-refractivity contribution in [3.8, 4) is 0 Å². The van der Waals surface area contributed by atoms with Gasteiger partial charge in [0, 0.05) is 35.6 Å². The molecule has 0 aliphatic carbocycles. The molecule has 0 spiro atoms. The number of nitrogen functional groups attached to an aromatic ring is 1. The van der Waals surface area contributed by atoms with Gasteiger partial charge in [0.25, 0.3) is 0 Å². The topological polar surface area (TPSA) is 93.0 Å². The fraction of sp³-hybridized carbons (Fsp3) is 0.143. The van der Waals surface area contributed by atoms with E-state index < -0.39 is 0 Å². The maximum Gasteiger partial charge on any atom is 0.160 e. The van der Waals surface area contributed by atoms with Crippen molar-refractivity contribution in [2.24, 2.45) is 0 Å². The second kappa shape index (κ2) is 5.92. The third kappa shape index (κ3) is 2.97. The van der Waals surface area contributed by atoms with E-state index in [0.717, 1.165) is 11.5 Å². The molecule has 0 fully saturated rings. The maximum atomic E-state index is 7.26. The van der Waals surface area contributed by atoms with Crippen molar-refractivity contribution >= 4 is 17.0 Å². The van der Waals surface area contributed by atoms with Crippen LogP contribution in [0.1, 0.15) is 18.3 Å². The molecule has 0 amide bonds. The Morgan fingerprint density at radius 2 is 2.05 bits per heavy atom. The van der Waals surface area contributed by atoms with Crippen molar-refractivity contribution in [1.82, 2.24) is 19.6 Å². The predicted molar refractivity (Wildman–Crippen MR) is 78.9 cm³/mol. The Kier molecular flexibility index (Phi) is 4.05. The van der Waals surface area contributed by atoms with Gasteiger partial charge in [-0.05, 0) is 32.0 Å². The molecule has 0 unspecified atom stereocenters. The molecule has 3 aromatic heterocycles. The standard InChI is InChI=1S/C7H7N3.C7H9N3/c1-6-8-9-7-4-2-3-5-10(6)7;1-5(8)6-4-10-3-2-7(6)9/h2-5H,1H3;2-4,8H,1H3,(H2,9,10). The second-order valence-corrected chi connectivity index (χ2v) is 4.26. The zero-order valence-corrected chi connectivity index (χ0v) is 11.4. The molecule has 3 aromatic rings. The Morgan fingerprint density at radius 1 is 1.25 bits per heavy atom. The summed E-state index contributed by atoms with van der Waals surface area (Å²) in [7, 11) is 0. The van der Waals surface area contributed by atoms with Crippen LogP contribution in [0, 0.1) is 12.3 Å². The number of nitrogens with two attached hydrogens (primary N) is 1. The molecule has 0 saturated heterocycles. The molecule has 3 heterocycles. The number of pyridine rings is 2. The highest BCUT2D eigenvalue weighted by Gasteiger charge is 1.98. The molecular weight excluding hydrogens is 252 g/mol. The van der Waals surface area contributed by atoms with Crippen LogP contribution in [0.25, 0.3) is 5.65 Å². The van der Waals surface area contributed by atoms with E-state index in [0.29, 0.717) is 17.0 Å². The van der Waals surface area contributed by atoms with E-state index in [4.69, 9.17) is 11.1 Å². The van der Waals surface area contributed by atoms with Crippen LogP contribution >= 0.6 is 0 Å². The Labute approximate surface area is 116 Å². The van der Waals surface area contributed by atoms with Gasteiger partial charge in [0.2, 0.25) is 0 Å². The van der Waals surface area contributed by atoms with Crippen LogP contribution in [-0.2, 0) is 0 Å². The van der Waals surface area contributed by atoms with Gasteiger partial charge in [-0.2, -0.15) is 0 Å². The minimum Gasteiger partial charge on any atom is -0.398 e. The van der Waals surface area contributed by atoms with E-state index in [1.54, 1.807) is 25.4 Å². The highest BCUT2D eigenvalue weighted by Crippen LogP contribution is 2.08. The predicted octanol–water partition coefficient (Wildman–Crippen LogP) is 2.09. The average molecular weight is 268 g/mol. The lowest BCUT2D eigenvalue weighted by Gasteiger charge is -1.99. The second-order valence-electron chi connectivity index (χ2n) is 4.26. The lowest BCUT2D eigenvalue weighted by molar-refractivity contribution is 1.01. The SMILES string of the molecule is CC(=N)c1cnccc1N.Cc1nnc2ccccn12. The van der Waals surface area contributed by atoms with E-state index >= 15 is 0 Å². The number of aryl methyl sites for hydroxylation is 1. The van der Waals surface area contributed by atoms with Gasteiger partial charge in [0.1, 0.15) is 5.82 Å². The summed E-state index contributed by atoms with van der Waals surface area (Å²) in [4.78, 5) is 3.85. The first kappa shape index (κ1) is 13.7. The summed E-state index contributed by atoms with van der Waals surface area (Å²) >= 11 is 0. The monoisotopic (exact) mass is 268 g/mol. The summed E-state index contributed by atoms with van der Waals surface area (Å²) in [6.45, 7) is 3.62. The number of hydrogen-bond donors (Lipinski definition) is 2. The summed E-state index contributed by atoms with van der Waals surface area (Å²) in [6.07, 6.45) is 5.16. The normalized spacial score (nSPS) is 9.90. The van der Waals surface area contributed by atoms with Gasteiger partial charge in [-0.15, -0.1) is 10.2 Å². The molecule has 6 nitrogen and oxygen atoms in total. The molecule has 0 atom stereocenters. The highest BCUT2D eigenvalue weighted by atomic mass is 15.2. The van der Waals surface area contributed by atoms with E-state index in [9.17, 15) is 0 Å². The first-order chi connectivity index (χ1) is 9.59. The fourth-order valence-electron chi connectivity index (χ4n) is 1.68. The van der Waals surface area contributed by atoms with Crippen LogP contribution in [0.3, 0.4) is 0 Å². The fourth-order valence-corrected chi connectivity index (χ4v) is 1.68. The summed E-state index contributed by atoms with van der Waals surface area (Å²) in [6, 6.07) is 7.53. The summed E-state index contributed by atoms with van der Waals surface area (Å²) in [5.74, 6) is 0.926. The lowest BCUT2D eigenvalue weighted by Crippen LogP contribution is -1.99. The van der Waals surface area contributed by atoms with E-state index in [-0.39, 0.29) is 0 Å². The Hall–Kier alpha value is -2.76. The lowest BCUT2D eigenvalue weighted by atomic mass is 10.2. The van der Waals surface area contributed by atoms with Crippen molar-refractivity contribution in [1.29, 1.82) is 5.41 Å². The van der Waals surface area contributed by atoms with Gasteiger partial charge in [-0.25, -0.2) is 0 Å². The number of rotatable bonds is 1. The molecule has 3 N–H and O–H groups in total. The molecule has 0 radical (unpaired) electrons. The number of nitrogens with one attached hydrogen (secondary N) is 1. The van der Waals surface area contributed by atoms with Gasteiger partial charge in [-0.3, -0.25) is 9.38 Å². The molecule has 0 aliphatic rings. The molecule has 6 heteroatoms. The first-order valence-corrected chi connectivity index (χ1v) is 6.11. The number of hydrogen-bond acceptors (Lipinski definition) is 5. The molecule has 0 bridgehead atoms. The molecule has 0 aliphatic heterocycles. The zero-order chi connectivity index (χ0) is 14.5. The van der Waals surface area contributed by atoms with Gasteiger partial charge >= 0.3 is 0 Å². The van der Waals surface area contributed by atoms with E-state index in [2.05, 4.69) is 15.2 Å². The van der Waals surface area contributed by atoms with Crippen molar-refractivity contribution < 1.29 is 0 Å². The van der Waals surface area contributed by atoms with Gasteiger partial charge in [-0.1, -0.05) is 6.07 Å². The molecule has 20 heavy (non-hydrogen) atoms. The van der Waals surface area contributed by atoms with Gasteiger partial charge in [0.05, 0.1) is 0 Å². The Bertz CT molecular complexity index is 731. The molecular formula is C14H16N6. The first-order valence-electron chi connectivity index (χ1n) is 6.11. The number of fused-ring (bicyclic) bond motifs is 1. The quantitative estimate of drug-likeness (QED) is 0.661. The smallest absolute Gasteiger partial charge is 0.160 e. The van der Waals surface area contributed by atoms with E-state index in [1.165, 1.54) is 0 Å². The maximum absolute atomic E-state index is 7.26. The van der Waals surface area contributed by atoms with Gasteiger partial charge < -0.3 is 11.1 Å². The average Bonchev–Trinajstić information content (AvgIpc) is 2.82. The summed E-state index contributed by atoms with van der Waals surface area (Å²) in [5, 5.41) is 15.1. The van der Waals surface area contributed by atoms with Crippen LogP contribution in [0.15, 0.2) is 42.9 Å². The van der Waals surface area contributed by atoms with Gasteiger partial charge in [0.15, 0.2) is 5.65 Å². The summed E-state index contributed by atoms with van der Waals surface area (Å²) < 4.78 is 1.94. The van der Waals surface area contributed by atoms with Crippen molar-refractivity contribution in [3.05, 3.63) is 54.2 Å². The minimum absolute atomic E-state index is 0.450. The zero-order valence-electron chi connectivity index (χ0n) is 11.4. The van der Waals surface area contributed by atoms with Crippen LogP contribution in [0.2, 0.25) is 0 Å². The van der Waals surface area contributed by atoms with Crippen LogP contribution < -0.4 is 5.73 Å². The van der Waals surface area contributed by atoms with Crippen LogP contribution in [-0.4, -0.2) is 25.3 Å². The molecule has 3 rings (SSSR count). The van der Waals surface area contributed by atoms with Crippen LogP contribution in [0.4, 0.5) is 5.69 Å². The molecule has 0 aromatic carbocycles. The molecule has 102 valence electrons. The largest absolute Gasteiger partial charge is 0.398 e. The highest BCUT2D eigenvalue weighted by molar-refractivity contribution is 6.00. The number of aromatic nitrogens is 4. The van der Waals surface area contributed by atoms with Crippen molar-refractivity contribution in [2.75, 3.05) is 5.73 Å². The molecule has 0 saturated carbocycles. The van der Waals surface area contributed by atoms with Crippen molar-refractivity contribution in [2.45, 2.75) is 13.8 Å². The third-order valence-corrected chi connectivity index (χ3v) is 2.74. The van der Waals surface area contributed by atoms with Crippen molar-refractivity contribution in [3.63, 3.8) is 0 Å². The summed E-state index contributed by atoms with van der Waals surface area (Å²) in [5.41, 5.74) is 8.22. The number of anilines is 1. The minimum atomic E-state index is 0.450. The van der Waals surface area contributed by atoms with Crippen LogP contribution in [0.5, 0.6) is 0 Å². The van der Waals surface area contributed by atoms with E-state index in [1.807, 2.05) is 35.7 Å². The Morgan fingerprint density at radius 3 is 2.65 bits per heavy atom.